The number of methoxy groups -OCH3 is 1. The molecule has 1 aliphatic rings. The first-order chi connectivity index (χ1) is 11.7. The number of rotatable bonds is 4. The van der Waals surface area contributed by atoms with Gasteiger partial charge in [0.05, 0.1) is 13.0 Å². The van der Waals surface area contributed by atoms with E-state index in [-0.39, 0.29) is 43.0 Å². The molecule has 0 radical (unpaired) electrons. The van der Waals surface area contributed by atoms with Crippen LogP contribution < -0.4 is 14.8 Å². The number of alkyl halides is 3. The fraction of sp³-hybridized carbons (Fsp3) is 0.529. The van der Waals surface area contributed by atoms with Gasteiger partial charge >= 0.3 is 12.1 Å². The minimum Gasteiger partial charge on any atom is -0.493 e. The Kier molecular flexibility index (Phi) is 5.92. The fourth-order valence-corrected chi connectivity index (χ4v) is 2.89. The van der Waals surface area contributed by atoms with Gasteiger partial charge in [0.25, 0.3) is 5.91 Å². The van der Waals surface area contributed by atoms with E-state index in [2.05, 4.69) is 5.32 Å². The van der Waals surface area contributed by atoms with E-state index in [0.29, 0.717) is 5.75 Å². The molecule has 0 unspecified atom stereocenters. The van der Waals surface area contributed by atoms with Gasteiger partial charge in [0.1, 0.15) is 0 Å². The van der Waals surface area contributed by atoms with Crippen molar-refractivity contribution in [1.29, 1.82) is 0 Å². The Bertz CT molecular complexity index is 637. The second-order valence-corrected chi connectivity index (χ2v) is 6.02. The molecule has 0 aromatic heterocycles. The zero-order valence-corrected chi connectivity index (χ0v) is 14.0. The summed E-state index contributed by atoms with van der Waals surface area (Å²) in [4.78, 5) is 23.4. The predicted octanol–water partition coefficient (Wildman–Crippen LogP) is 3.47. The van der Waals surface area contributed by atoms with Crippen LogP contribution in [0.4, 0.5) is 13.2 Å². The van der Waals surface area contributed by atoms with Gasteiger partial charge in [0, 0.05) is 18.5 Å². The highest BCUT2D eigenvalue weighted by Crippen LogP contribution is 2.37. The molecule has 1 fully saturated rings. The van der Waals surface area contributed by atoms with E-state index in [1.807, 2.05) is 0 Å². The second kappa shape index (κ2) is 7.76. The summed E-state index contributed by atoms with van der Waals surface area (Å²) >= 11 is 0. The number of hydrogen-bond donors (Lipinski definition) is 1. The minimum absolute atomic E-state index is 0.00968. The summed E-state index contributed by atoms with van der Waals surface area (Å²) in [7, 11) is 1.40. The lowest BCUT2D eigenvalue weighted by atomic mass is 9.85. The third kappa shape index (κ3) is 5.11. The van der Waals surface area contributed by atoms with Gasteiger partial charge in [-0.1, -0.05) is 0 Å². The maximum atomic E-state index is 12.7. The maximum absolute atomic E-state index is 12.7. The molecule has 1 N–H and O–H groups in total. The van der Waals surface area contributed by atoms with Crippen LogP contribution in [0.1, 0.15) is 43.0 Å². The number of carbonyl (C=O) groups is 2. The van der Waals surface area contributed by atoms with Crippen molar-refractivity contribution in [2.75, 3.05) is 7.11 Å². The van der Waals surface area contributed by atoms with Crippen molar-refractivity contribution < 1.29 is 32.2 Å². The third-order valence-corrected chi connectivity index (χ3v) is 4.20. The standard InChI is InChI=1S/C17H20F3NO4/c1-10(22)25-15-9-11(3-8-14(15)24-2)16(23)21-13-6-4-12(5-7-13)17(18,19)20/h3,8-9,12-13H,4-7H2,1-2H3,(H,21,23). The van der Waals surface area contributed by atoms with E-state index in [0.717, 1.165) is 0 Å². The van der Waals surface area contributed by atoms with Gasteiger partial charge in [0.2, 0.25) is 0 Å². The van der Waals surface area contributed by atoms with Crippen LogP contribution in [0.3, 0.4) is 0 Å². The van der Waals surface area contributed by atoms with Gasteiger partial charge in [-0.25, -0.2) is 0 Å². The van der Waals surface area contributed by atoms with Crippen molar-refractivity contribution in [3.63, 3.8) is 0 Å². The first-order valence-corrected chi connectivity index (χ1v) is 7.94. The molecule has 1 aromatic rings. The van der Waals surface area contributed by atoms with Crippen LogP contribution in [-0.4, -0.2) is 31.2 Å². The highest BCUT2D eigenvalue weighted by Gasteiger charge is 2.41. The Balaban J connectivity index is 2.00. The van der Waals surface area contributed by atoms with E-state index < -0.39 is 24.0 Å². The molecule has 0 heterocycles. The highest BCUT2D eigenvalue weighted by molar-refractivity contribution is 5.95. The molecule has 25 heavy (non-hydrogen) atoms. The summed E-state index contributed by atoms with van der Waals surface area (Å²) in [5, 5.41) is 2.74. The molecule has 0 saturated heterocycles. The molecule has 0 atom stereocenters. The zero-order chi connectivity index (χ0) is 18.6. The number of benzene rings is 1. The Hall–Kier alpha value is -2.25. The van der Waals surface area contributed by atoms with Gasteiger partial charge in [-0.3, -0.25) is 9.59 Å². The quantitative estimate of drug-likeness (QED) is 0.660. The van der Waals surface area contributed by atoms with Crippen molar-refractivity contribution >= 4 is 11.9 Å². The first-order valence-electron chi connectivity index (χ1n) is 7.94. The van der Waals surface area contributed by atoms with Crippen LogP contribution >= 0.6 is 0 Å². The monoisotopic (exact) mass is 359 g/mol. The molecular formula is C17H20F3NO4. The zero-order valence-electron chi connectivity index (χ0n) is 14.0. The number of esters is 1. The molecule has 1 amide bonds. The van der Waals surface area contributed by atoms with Crippen LogP contribution in [0.25, 0.3) is 0 Å². The number of halogens is 3. The number of carbonyl (C=O) groups excluding carboxylic acids is 2. The van der Waals surface area contributed by atoms with Crippen molar-refractivity contribution in [3.8, 4) is 11.5 Å². The molecule has 0 aliphatic heterocycles. The lowest BCUT2D eigenvalue weighted by Crippen LogP contribution is -2.40. The smallest absolute Gasteiger partial charge is 0.391 e. The Labute approximate surface area is 143 Å². The summed E-state index contributed by atoms with van der Waals surface area (Å²) in [6.07, 6.45) is -3.60. The van der Waals surface area contributed by atoms with Crippen molar-refractivity contribution in [3.05, 3.63) is 23.8 Å². The second-order valence-electron chi connectivity index (χ2n) is 6.02. The van der Waals surface area contributed by atoms with Crippen molar-refractivity contribution in [2.24, 2.45) is 5.92 Å². The van der Waals surface area contributed by atoms with Crippen LogP contribution in [0, 0.1) is 5.92 Å². The lowest BCUT2D eigenvalue weighted by Gasteiger charge is -2.30. The molecule has 1 aromatic carbocycles. The normalized spacial score (nSPS) is 20.7. The minimum atomic E-state index is -4.18. The molecule has 2 rings (SSSR count). The van der Waals surface area contributed by atoms with E-state index in [1.165, 1.54) is 32.2 Å². The maximum Gasteiger partial charge on any atom is 0.391 e. The largest absolute Gasteiger partial charge is 0.493 e. The van der Waals surface area contributed by atoms with Crippen LogP contribution in [0.5, 0.6) is 11.5 Å². The van der Waals surface area contributed by atoms with Crippen LogP contribution in [0.2, 0.25) is 0 Å². The van der Waals surface area contributed by atoms with E-state index in [1.54, 1.807) is 0 Å². The highest BCUT2D eigenvalue weighted by atomic mass is 19.4. The molecular weight excluding hydrogens is 339 g/mol. The third-order valence-electron chi connectivity index (χ3n) is 4.20. The summed E-state index contributed by atoms with van der Waals surface area (Å²) in [5.74, 6) is -1.86. The van der Waals surface area contributed by atoms with Gasteiger partial charge in [-0.15, -0.1) is 0 Å². The van der Waals surface area contributed by atoms with E-state index >= 15 is 0 Å². The predicted molar refractivity (Wildman–Crippen MR) is 83.6 cm³/mol. The topological polar surface area (TPSA) is 64.6 Å². The molecule has 138 valence electrons. The average molecular weight is 359 g/mol. The van der Waals surface area contributed by atoms with Crippen LogP contribution in [0.15, 0.2) is 18.2 Å². The van der Waals surface area contributed by atoms with Gasteiger partial charge < -0.3 is 14.8 Å². The molecule has 1 aliphatic carbocycles. The van der Waals surface area contributed by atoms with Crippen molar-refractivity contribution in [1.82, 2.24) is 5.32 Å². The average Bonchev–Trinajstić information content (AvgIpc) is 2.54. The number of hydrogen-bond acceptors (Lipinski definition) is 4. The number of amides is 1. The number of ether oxygens (including phenoxy) is 2. The molecule has 0 bridgehead atoms. The molecule has 1 saturated carbocycles. The molecule has 0 spiro atoms. The first kappa shape index (κ1) is 19.1. The molecule has 8 heteroatoms. The molecule has 5 nitrogen and oxygen atoms in total. The fourth-order valence-electron chi connectivity index (χ4n) is 2.89. The Morgan fingerprint density at radius 2 is 1.76 bits per heavy atom. The van der Waals surface area contributed by atoms with Gasteiger partial charge in [-0.2, -0.15) is 13.2 Å². The summed E-state index contributed by atoms with van der Waals surface area (Å²) in [5.41, 5.74) is 0.245. The SMILES string of the molecule is COc1ccc(C(=O)NC2CCC(C(F)(F)F)CC2)cc1OC(C)=O. The Morgan fingerprint density at radius 1 is 1.12 bits per heavy atom. The van der Waals surface area contributed by atoms with E-state index in [4.69, 9.17) is 9.47 Å². The summed E-state index contributed by atoms with van der Waals surface area (Å²) in [6, 6.07) is 4.07. The van der Waals surface area contributed by atoms with Gasteiger partial charge in [0.15, 0.2) is 11.5 Å². The van der Waals surface area contributed by atoms with Gasteiger partial charge in [-0.05, 0) is 43.9 Å². The van der Waals surface area contributed by atoms with E-state index in [9.17, 15) is 22.8 Å². The van der Waals surface area contributed by atoms with Crippen molar-refractivity contribution in [2.45, 2.75) is 44.8 Å². The summed E-state index contributed by atoms with van der Waals surface area (Å²) in [6.45, 7) is 1.23. The lowest BCUT2D eigenvalue weighted by molar-refractivity contribution is -0.182. The van der Waals surface area contributed by atoms with Crippen LogP contribution in [-0.2, 0) is 4.79 Å². The summed E-state index contributed by atoms with van der Waals surface area (Å²) < 4.78 is 48.1. The Morgan fingerprint density at radius 3 is 2.28 bits per heavy atom. The number of nitrogens with one attached hydrogen (secondary N) is 1.